The first-order valence-electron chi connectivity index (χ1n) is 6.58. The summed E-state index contributed by atoms with van der Waals surface area (Å²) in [7, 11) is 1.64. The molecule has 0 bridgehead atoms. The molecule has 0 saturated heterocycles. The van der Waals surface area contributed by atoms with Crippen molar-refractivity contribution in [3.05, 3.63) is 64.7 Å². The maximum absolute atomic E-state index is 11.0. The number of hydrogen-bond acceptors (Lipinski definition) is 4. The Kier molecular flexibility index (Phi) is 5.08. The van der Waals surface area contributed by atoms with Crippen molar-refractivity contribution in [3.63, 3.8) is 0 Å². The second-order valence-corrected chi connectivity index (χ2v) is 4.59. The fourth-order valence-electron chi connectivity index (χ4n) is 2.03. The summed E-state index contributed by atoms with van der Waals surface area (Å²) in [6.07, 6.45) is 0.811. The van der Waals surface area contributed by atoms with E-state index in [9.17, 15) is 4.79 Å². The highest BCUT2D eigenvalue weighted by molar-refractivity contribution is 5.77. The second-order valence-electron chi connectivity index (χ2n) is 4.59. The molecule has 0 fully saturated rings. The molecule has 4 heteroatoms. The van der Waals surface area contributed by atoms with Crippen LogP contribution in [-0.2, 0) is 13.1 Å². The summed E-state index contributed by atoms with van der Waals surface area (Å²) < 4.78 is 5.11. The van der Waals surface area contributed by atoms with Crippen LogP contribution >= 0.6 is 0 Å². The van der Waals surface area contributed by atoms with E-state index in [1.807, 2.05) is 24.3 Å². The van der Waals surface area contributed by atoms with Crippen LogP contribution in [-0.4, -0.2) is 13.4 Å². The average Bonchev–Trinajstić information content (AvgIpc) is 2.55. The summed E-state index contributed by atoms with van der Waals surface area (Å²) in [5, 5.41) is 12.2. The summed E-state index contributed by atoms with van der Waals surface area (Å²) in [5.41, 5.74) is 3.12. The van der Waals surface area contributed by atoms with Gasteiger partial charge < -0.3 is 10.1 Å². The first-order valence-corrected chi connectivity index (χ1v) is 6.58. The van der Waals surface area contributed by atoms with Crippen molar-refractivity contribution >= 4 is 6.29 Å². The van der Waals surface area contributed by atoms with E-state index < -0.39 is 0 Å². The number of carbonyl (C=O) groups is 1. The third-order valence-electron chi connectivity index (χ3n) is 3.20. The average molecular weight is 280 g/mol. The molecule has 21 heavy (non-hydrogen) atoms. The van der Waals surface area contributed by atoms with Crippen LogP contribution < -0.4 is 10.1 Å². The van der Waals surface area contributed by atoms with Crippen LogP contribution in [0.1, 0.15) is 27.0 Å². The lowest BCUT2D eigenvalue weighted by Crippen LogP contribution is -2.14. The number of ether oxygens (including phenoxy) is 1. The van der Waals surface area contributed by atoms with E-state index in [0.29, 0.717) is 24.2 Å². The van der Waals surface area contributed by atoms with E-state index in [-0.39, 0.29) is 0 Å². The number of nitrogens with one attached hydrogen (secondary N) is 1. The molecule has 106 valence electrons. The summed E-state index contributed by atoms with van der Waals surface area (Å²) in [6, 6.07) is 14.9. The molecule has 0 aromatic heterocycles. The minimum absolute atomic E-state index is 0.537. The van der Waals surface area contributed by atoms with Crippen molar-refractivity contribution in [3.8, 4) is 11.8 Å². The predicted octanol–water partition coefficient (Wildman–Crippen LogP) is 2.67. The second kappa shape index (κ2) is 7.22. The minimum atomic E-state index is 0.537. The largest absolute Gasteiger partial charge is 0.497 e. The van der Waals surface area contributed by atoms with Gasteiger partial charge in [-0.15, -0.1) is 0 Å². The van der Waals surface area contributed by atoms with Gasteiger partial charge in [-0.1, -0.05) is 18.2 Å². The van der Waals surface area contributed by atoms with Gasteiger partial charge in [-0.05, 0) is 35.4 Å². The lowest BCUT2D eigenvalue weighted by Gasteiger charge is -2.08. The lowest BCUT2D eigenvalue weighted by atomic mass is 10.1. The normalized spacial score (nSPS) is 9.90. The highest BCUT2D eigenvalue weighted by Crippen LogP contribution is 2.12. The molecule has 0 atom stereocenters. The van der Waals surface area contributed by atoms with Gasteiger partial charge >= 0.3 is 0 Å². The Morgan fingerprint density at radius 1 is 1.19 bits per heavy atom. The number of hydrogen-bond donors (Lipinski definition) is 1. The molecule has 0 saturated carbocycles. The first-order chi connectivity index (χ1) is 10.3. The van der Waals surface area contributed by atoms with Crippen molar-refractivity contribution in [1.29, 1.82) is 5.26 Å². The Bertz CT molecular complexity index is 657. The van der Waals surface area contributed by atoms with Crippen LogP contribution in [0.2, 0.25) is 0 Å². The topological polar surface area (TPSA) is 62.1 Å². The summed E-state index contributed by atoms with van der Waals surface area (Å²) in [5.74, 6) is 0.823. The van der Waals surface area contributed by atoms with Crippen molar-refractivity contribution in [2.45, 2.75) is 13.1 Å². The molecule has 1 N–H and O–H groups in total. The van der Waals surface area contributed by atoms with Gasteiger partial charge in [0.25, 0.3) is 0 Å². The minimum Gasteiger partial charge on any atom is -0.497 e. The predicted molar refractivity (Wildman–Crippen MR) is 80.1 cm³/mol. The van der Waals surface area contributed by atoms with Gasteiger partial charge in [0, 0.05) is 18.7 Å². The Hall–Kier alpha value is -2.64. The zero-order valence-electron chi connectivity index (χ0n) is 11.8. The molecule has 2 aromatic rings. The fourth-order valence-corrected chi connectivity index (χ4v) is 2.03. The molecule has 0 aliphatic rings. The SMILES string of the molecule is COc1ccc(CNCc2cc(C#N)ccc2C=O)cc1. The molecule has 0 heterocycles. The van der Waals surface area contributed by atoms with Gasteiger partial charge in [0.05, 0.1) is 18.7 Å². The smallest absolute Gasteiger partial charge is 0.150 e. The molecule has 0 aliphatic heterocycles. The number of benzene rings is 2. The van der Waals surface area contributed by atoms with Crippen molar-refractivity contribution in [1.82, 2.24) is 5.32 Å². The number of nitriles is 1. The molecule has 2 rings (SSSR count). The number of rotatable bonds is 6. The zero-order chi connectivity index (χ0) is 15.1. The van der Waals surface area contributed by atoms with Gasteiger partial charge in [-0.2, -0.15) is 5.26 Å². The lowest BCUT2D eigenvalue weighted by molar-refractivity contribution is 0.112. The van der Waals surface area contributed by atoms with Gasteiger partial charge in [0.15, 0.2) is 0 Å². The molecule has 0 unspecified atom stereocenters. The Morgan fingerprint density at radius 2 is 1.95 bits per heavy atom. The zero-order valence-corrected chi connectivity index (χ0v) is 11.8. The quantitative estimate of drug-likeness (QED) is 0.826. The van der Waals surface area contributed by atoms with E-state index in [0.717, 1.165) is 23.2 Å². The van der Waals surface area contributed by atoms with Crippen LogP contribution in [0.15, 0.2) is 42.5 Å². The third kappa shape index (κ3) is 3.91. The van der Waals surface area contributed by atoms with Gasteiger partial charge in [0.2, 0.25) is 0 Å². The van der Waals surface area contributed by atoms with Crippen LogP contribution in [0.4, 0.5) is 0 Å². The monoisotopic (exact) mass is 280 g/mol. The van der Waals surface area contributed by atoms with E-state index in [1.54, 1.807) is 25.3 Å². The third-order valence-corrected chi connectivity index (χ3v) is 3.20. The summed E-state index contributed by atoms with van der Waals surface area (Å²) >= 11 is 0. The van der Waals surface area contributed by atoms with E-state index in [1.165, 1.54) is 0 Å². The molecule has 0 amide bonds. The van der Waals surface area contributed by atoms with Gasteiger partial charge in [0.1, 0.15) is 12.0 Å². The summed E-state index contributed by atoms with van der Waals surface area (Å²) in [6.45, 7) is 1.22. The van der Waals surface area contributed by atoms with Crippen LogP contribution in [0.3, 0.4) is 0 Å². The van der Waals surface area contributed by atoms with Crippen LogP contribution in [0.5, 0.6) is 5.75 Å². The molecular formula is C17H16N2O2. The fraction of sp³-hybridized carbons (Fsp3) is 0.176. The standard InChI is InChI=1S/C17H16N2O2/c1-21-17-6-3-13(4-7-17)10-19-11-16-8-14(9-18)2-5-15(16)12-20/h2-8,12,19H,10-11H2,1H3. The number of methoxy groups -OCH3 is 1. The summed E-state index contributed by atoms with van der Waals surface area (Å²) in [4.78, 5) is 11.0. The molecule has 0 radical (unpaired) electrons. The maximum atomic E-state index is 11.0. The van der Waals surface area contributed by atoms with Crippen LogP contribution in [0.25, 0.3) is 0 Å². The van der Waals surface area contributed by atoms with E-state index in [2.05, 4.69) is 11.4 Å². The highest BCUT2D eigenvalue weighted by atomic mass is 16.5. The molecule has 4 nitrogen and oxygen atoms in total. The van der Waals surface area contributed by atoms with Crippen molar-refractivity contribution in [2.75, 3.05) is 7.11 Å². The Balaban J connectivity index is 1.99. The molecular weight excluding hydrogens is 264 g/mol. The Labute approximate surface area is 124 Å². The molecule has 0 aliphatic carbocycles. The van der Waals surface area contributed by atoms with Gasteiger partial charge in [-0.25, -0.2) is 0 Å². The number of carbonyl (C=O) groups excluding carboxylic acids is 1. The molecule has 0 spiro atoms. The van der Waals surface area contributed by atoms with E-state index in [4.69, 9.17) is 10.00 Å². The first kappa shape index (κ1) is 14.8. The highest BCUT2D eigenvalue weighted by Gasteiger charge is 2.03. The number of aldehydes is 1. The molecule has 2 aromatic carbocycles. The Morgan fingerprint density at radius 3 is 2.57 bits per heavy atom. The van der Waals surface area contributed by atoms with E-state index >= 15 is 0 Å². The van der Waals surface area contributed by atoms with Crippen molar-refractivity contribution in [2.24, 2.45) is 0 Å². The maximum Gasteiger partial charge on any atom is 0.150 e. The number of nitrogens with zero attached hydrogens (tertiary/aromatic N) is 1. The van der Waals surface area contributed by atoms with Crippen LogP contribution in [0, 0.1) is 11.3 Å². The van der Waals surface area contributed by atoms with Crippen molar-refractivity contribution < 1.29 is 9.53 Å². The van der Waals surface area contributed by atoms with Gasteiger partial charge in [-0.3, -0.25) is 4.79 Å².